The van der Waals surface area contributed by atoms with Crippen molar-refractivity contribution in [2.45, 2.75) is 12.8 Å². The van der Waals surface area contributed by atoms with Crippen LogP contribution in [0.25, 0.3) is 10.8 Å². The van der Waals surface area contributed by atoms with Gasteiger partial charge in [-0.1, -0.05) is 29.8 Å². The number of nitrogens with zero attached hydrogens (tertiary/aromatic N) is 1. The molecule has 1 aromatic heterocycles. The Kier molecular flexibility index (Phi) is 5.86. The quantitative estimate of drug-likeness (QED) is 0.625. The van der Waals surface area contributed by atoms with Crippen LogP contribution >= 0.6 is 11.6 Å². The van der Waals surface area contributed by atoms with Crippen molar-refractivity contribution in [3.8, 4) is 5.75 Å². The van der Waals surface area contributed by atoms with Crippen molar-refractivity contribution in [3.05, 3.63) is 69.6 Å². The summed E-state index contributed by atoms with van der Waals surface area (Å²) in [4.78, 5) is 24.1. The fraction of sp³-hybridized carbons (Fsp3) is 0.211. The number of carbonyl (C=O) groups excluding carboxylic acids is 1. The monoisotopic (exact) mass is 371 g/mol. The Morgan fingerprint density at radius 1 is 1.08 bits per heavy atom. The Labute approximate surface area is 155 Å². The van der Waals surface area contributed by atoms with E-state index in [9.17, 15) is 9.59 Å². The summed E-state index contributed by atoms with van der Waals surface area (Å²) >= 11 is 5.82. The lowest BCUT2D eigenvalue weighted by atomic mass is 10.1. The highest BCUT2D eigenvalue weighted by atomic mass is 35.5. The number of aromatic nitrogens is 2. The number of H-pyrrole nitrogens is 1. The predicted molar refractivity (Wildman–Crippen MR) is 101 cm³/mol. The third-order valence-electron chi connectivity index (χ3n) is 3.85. The van der Waals surface area contributed by atoms with Gasteiger partial charge in [0.15, 0.2) is 5.69 Å². The second-order valence-electron chi connectivity index (χ2n) is 5.71. The van der Waals surface area contributed by atoms with E-state index in [0.29, 0.717) is 28.9 Å². The van der Waals surface area contributed by atoms with Gasteiger partial charge in [-0.25, -0.2) is 5.10 Å². The second kappa shape index (κ2) is 8.49. The lowest BCUT2D eigenvalue weighted by Crippen LogP contribution is -2.27. The summed E-state index contributed by atoms with van der Waals surface area (Å²) in [5.74, 6) is 0.457. The van der Waals surface area contributed by atoms with Gasteiger partial charge in [0.05, 0.1) is 12.0 Å². The van der Waals surface area contributed by atoms with Gasteiger partial charge in [-0.2, -0.15) is 5.10 Å². The highest BCUT2D eigenvalue weighted by Crippen LogP contribution is 2.15. The normalized spacial score (nSPS) is 10.7. The van der Waals surface area contributed by atoms with E-state index >= 15 is 0 Å². The molecule has 0 aliphatic heterocycles. The summed E-state index contributed by atoms with van der Waals surface area (Å²) in [5.41, 5.74) is -0.0888. The van der Waals surface area contributed by atoms with E-state index in [0.717, 1.165) is 18.6 Å². The summed E-state index contributed by atoms with van der Waals surface area (Å²) in [5, 5.41) is 10.7. The average Bonchev–Trinajstić information content (AvgIpc) is 2.66. The molecule has 26 heavy (non-hydrogen) atoms. The third-order valence-corrected chi connectivity index (χ3v) is 4.10. The summed E-state index contributed by atoms with van der Waals surface area (Å²) < 4.78 is 5.60. The highest BCUT2D eigenvalue weighted by Gasteiger charge is 2.13. The zero-order chi connectivity index (χ0) is 18.4. The first-order valence-corrected chi connectivity index (χ1v) is 8.67. The Hall–Kier alpha value is -2.86. The van der Waals surface area contributed by atoms with E-state index in [1.165, 1.54) is 0 Å². The molecule has 0 bridgehead atoms. The molecule has 0 aliphatic rings. The molecule has 0 atom stereocenters. The first-order chi connectivity index (χ1) is 12.6. The molecule has 0 aliphatic carbocycles. The number of fused-ring (bicyclic) bond motifs is 1. The van der Waals surface area contributed by atoms with Gasteiger partial charge in [0.25, 0.3) is 11.5 Å². The number of rotatable bonds is 7. The Morgan fingerprint density at radius 2 is 1.81 bits per heavy atom. The number of hydrogen-bond donors (Lipinski definition) is 2. The molecule has 0 saturated heterocycles. The number of hydrogen-bond acceptors (Lipinski definition) is 4. The summed E-state index contributed by atoms with van der Waals surface area (Å²) in [7, 11) is 0. The fourth-order valence-electron chi connectivity index (χ4n) is 2.52. The van der Waals surface area contributed by atoms with Gasteiger partial charge in [-0.15, -0.1) is 0 Å². The number of unbranched alkanes of at least 4 members (excludes halogenated alkanes) is 1. The molecular formula is C19H18ClN3O3. The van der Waals surface area contributed by atoms with Crippen molar-refractivity contribution in [2.24, 2.45) is 0 Å². The summed E-state index contributed by atoms with van der Waals surface area (Å²) in [6, 6.07) is 14.1. The van der Waals surface area contributed by atoms with Crippen LogP contribution in [0.2, 0.25) is 5.02 Å². The van der Waals surface area contributed by atoms with Crippen LogP contribution in [0.1, 0.15) is 23.3 Å². The molecule has 2 aromatic carbocycles. The molecule has 3 aromatic rings. The predicted octanol–water partition coefficient (Wildman–Crippen LogP) is 3.17. The minimum absolute atomic E-state index is 0.220. The number of nitrogens with one attached hydrogen (secondary N) is 2. The molecule has 0 fully saturated rings. The van der Waals surface area contributed by atoms with E-state index in [-0.39, 0.29) is 17.2 Å². The SMILES string of the molecule is O=C(NCCCCOc1ccc(Cl)cc1)c1n[nH]c(=O)c2ccccc12. The molecule has 1 amide bonds. The number of amides is 1. The number of carbonyl (C=O) groups is 1. The molecular weight excluding hydrogens is 354 g/mol. The molecule has 0 spiro atoms. The maximum absolute atomic E-state index is 12.3. The minimum atomic E-state index is -0.309. The highest BCUT2D eigenvalue weighted by molar-refractivity contribution is 6.30. The average molecular weight is 372 g/mol. The smallest absolute Gasteiger partial charge is 0.272 e. The van der Waals surface area contributed by atoms with Crippen LogP contribution < -0.4 is 15.6 Å². The van der Waals surface area contributed by atoms with Crippen LogP contribution in [0.5, 0.6) is 5.75 Å². The molecule has 0 unspecified atom stereocenters. The van der Waals surface area contributed by atoms with Crippen molar-refractivity contribution in [1.82, 2.24) is 15.5 Å². The topological polar surface area (TPSA) is 84.1 Å². The number of ether oxygens (including phenoxy) is 1. The van der Waals surface area contributed by atoms with Gasteiger partial charge in [0, 0.05) is 17.0 Å². The zero-order valence-electron chi connectivity index (χ0n) is 14.0. The van der Waals surface area contributed by atoms with Crippen molar-refractivity contribution >= 4 is 28.3 Å². The van der Waals surface area contributed by atoms with E-state index in [2.05, 4.69) is 15.5 Å². The van der Waals surface area contributed by atoms with Gasteiger partial charge in [-0.3, -0.25) is 9.59 Å². The van der Waals surface area contributed by atoms with E-state index in [1.54, 1.807) is 36.4 Å². The van der Waals surface area contributed by atoms with Crippen LogP contribution in [0.3, 0.4) is 0 Å². The molecule has 0 saturated carbocycles. The molecule has 3 rings (SSSR count). The van der Waals surface area contributed by atoms with Crippen LogP contribution in [0.4, 0.5) is 0 Å². The molecule has 0 radical (unpaired) electrons. The first-order valence-electron chi connectivity index (χ1n) is 8.29. The number of benzene rings is 2. The van der Waals surface area contributed by atoms with E-state index in [1.807, 2.05) is 12.1 Å². The zero-order valence-corrected chi connectivity index (χ0v) is 14.8. The molecule has 7 heteroatoms. The minimum Gasteiger partial charge on any atom is -0.494 e. The lowest BCUT2D eigenvalue weighted by molar-refractivity contribution is 0.0948. The molecule has 134 valence electrons. The Morgan fingerprint density at radius 3 is 2.58 bits per heavy atom. The number of halogens is 1. The second-order valence-corrected chi connectivity index (χ2v) is 6.15. The molecule has 1 heterocycles. The van der Waals surface area contributed by atoms with Crippen molar-refractivity contribution < 1.29 is 9.53 Å². The van der Waals surface area contributed by atoms with Crippen molar-refractivity contribution in [3.63, 3.8) is 0 Å². The first kappa shape index (κ1) is 17.9. The Balaban J connectivity index is 1.47. The summed E-state index contributed by atoms with van der Waals surface area (Å²) in [6.07, 6.45) is 1.56. The Bertz CT molecular complexity index is 954. The molecule has 2 N–H and O–H groups in total. The summed E-state index contributed by atoms with van der Waals surface area (Å²) in [6.45, 7) is 1.05. The number of aromatic amines is 1. The largest absolute Gasteiger partial charge is 0.494 e. The lowest BCUT2D eigenvalue weighted by Gasteiger charge is -2.08. The van der Waals surface area contributed by atoms with Gasteiger partial charge in [-0.05, 0) is 43.2 Å². The van der Waals surface area contributed by atoms with Crippen LogP contribution in [-0.2, 0) is 0 Å². The van der Waals surface area contributed by atoms with Gasteiger partial charge in [0.2, 0.25) is 0 Å². The van der Waals surface area contributed by atoms with Crippen molar-refractivity contribution in [2.75, 3.05) is 13.2 Å². The van der Waals surface area contributed by atoms with Crippen LogP contribution in [0.15, 0.2) is 53.3 Å². The van der Waals surface area contributed by atoms with Crippen molar-refractivity contribution in [1.29, 1.82) is 0 Å². The van der Waals surface area contributed by atoms with Gasteiger partial charge >= 0.3 is 0 Å². The van der Waals surface area contributed by atoms with E-state index in [4.69, 9.17) is 16.3 Å². The maximum Gasteiger partial charge on any atom is 0.272 e. The third kappa shape index (κ3) is 4.40. The fourth-order valence-corrected chi connectivity index (χ4v) is 2.65. The molecule has 6 nitrogen and oxygen atoms in total. The van der Waals surface area contributed by atoms with E-state index < -0.39 is 0 Å². The van der Waals surface area contributed by atoms with Gasteiger partial charge in [0.1, 0.15) is 5.75 Å². The van der Waals surface area contributed by atoms with Crippen LogP contribution in [-0.4, -0.2) is 29.3 Å². The van der Waals surface area contributed by atoms with Gasteiger partial charge < -0.3 is 10.1 Å². The standard InChI is InChI=1S/C19H18ClN3O3/c20-13-7-9-14(10-8-13)26-12-4-3-11-21-19(25)17-15-5-1-2-6-16(15)18(24)23-22-17/h1-2,5-10H,3-4,11-12H2,(H,21,25)(H,23,24). The maximum atomic E-state index is 12.3. The van der Waals surface area contributed by atoms with Crippen LogP contribution in [0, 0.1) is 0 Å².